The number of rotatable bonds is 4. The second-order valence-corrected chi connectivity index (χ2v) is 5.39. The molecule has 18 heavy (non-hydrogen) atoms. The molecule has 0 bridgehead atoms. The summed E-state index contributed by atoms with van der Waals surface area (Å²) in [5.74, 6) is 0.471. The van der Waals surface area contributed by atoms with Crippen molar-refractivity contribution in [3.8, 4) is 0 Å². The molecule has 2 rings (SSSR count). The van der Waals surface area contributed by atoms with Gasteiger partial charge in [0.05, 0.1) is 6.54 Å². The largest absolute Gasteiger partial charge is 0.490 e. The first kappa shape index (κ1) is 13.3. The van der Waals surface area contributed by atoms with E-state index in [1.54, 1.807) is 4.68 Å². The van der Waals surface area contributed by atoms with Gasteiger partial charge in [0, 0.05) is 10.5 Å². The molecule has 1 aliphatic rings. The Morgan fingerprint density at radius 3 is 2.56 bits per heavy atom. The van der Waals surface area contributed by atoms with Gasteiger partial charge in [-0.15, -0.1) is 0 Å². The summed E-state index contributed by atoms with van der Waals surface area (Å²) >= 11 is 4.48. The Morgan fingerprint density at radius 2 is 2.06 bits per heavy atom. The smallest absolute Gasteiger partial charge is 0.390 e. The standard InChI is InChI=1S/C11H18N4O2S/c16-15(17)10-12-9-14(13-10)7-11(8-18)5-3-1-2-4-6-11/h9,18H,1-8H2. The Hall–Kier alpha value is -1.11. The molecule has 7 heteroatoms. The van der Waals surface area contributed by atoms with E-state index in [-0.39, 0.29) is 11.4 Å². The first-order chi connectivity index (χ1) is 8.65. The van der Waals surface area contributed by atoms with E-state index < -0.39 is 4.92 Å². The van der Waals surface area contributed by atoms with Gasteiger partial charge in [0.15, 0.2) is 0 Å². The molecule has 0 unspecified atom stereocenters. The zero-order chi connectivity index (χ0) is 13.0. The van der Waals surface area contributed by atoms with Crippen LogP contribution in [0.5, 0.6) is 0 Å². The van der Waals surface area contributed by atoms with Gasteiger partial charge >= 0.3 is 5.95 Å². The molecule has 1 saturated carbocycles. The van der Waals surface area contributed by atoms with E-state index in [2.05, 4.69) is 22.7 Å². The van der Waals surface area contributed by atoms with E-state index in [0.717, 1.165) is 18.6 Å². The average molecular weight is 270 g/mol. The number of aromatic nitrogens is 3. The average Bonchev–Trinajstić information content (AvgIpc) is 2.69. The van der Waals surface area contributed by atoms with Crippen molar-refractivity contribution in [2.24, 2.45) is 5.41 Å². The summed E-state index contributed by atoms with van der Waals surface area (Å²) in [7, 11) is 0. The fraction of sp³-hybridized carbons (Fsp3) is 0.818. The highest BCUT2D eigenvalue weighted by Crippen LogP contribution is 2.37. The maximum absolute atomic E-state index is 10.6. The SMILES string of the molecule is O=[N+]([O-])c1ncn(CC2(CS)CCCCCC2)n1. The van der Waals surface area contributed by atoms with E-state index in [1.165, 1.54) is 32.0 Å². The van der Waals surface area contributed by atoms with Gasteiger partial charge in [-0.1, -0.05) is 30.7 Å². The first-order valence-corrected chi connectivity index (χ1v) is 6.93. The Balaban J connectivity index is 2.10. The van der Waals surface area contributed by atoms with Crippen LogP contribution in [0.15, 0.2) is 6.33 Å². The third kappa shape index (κ3) is 3.01. The maximum atomic E-state index is 10.6. The second-order valence-electron chi connectivity index (χ2n) is 5.07. The summed E-state index contributed by atoms with van der Waals surface area (Å²) in [5.41, 5.74) is 0.112. The zero-order valence-corrected chi connectivity index (χ0v) is 11.2. The van der Waals surface area contributed by atoms with Crippen molar-refractivity contribution in [1.82, 2.24) is 14.8 Å². The van der Waals surface area contributed by atoms with Gasteiger partial charge < -0.3 is 10.1 Å². The van der Waals surface area contributed by atoms with Crippen LogP contribution in [-0.2, 0) is 6.54 Å². The van der Waals surface area contributed by atoms with Gasteiger partial charge in [-0.2, -0.15) is 17.3 Å². The van der Waals surface area contributed by atoms with Gasteiger partial charge in [0.1, 0.15) is 0 Å². The first-order valence-electron chi connectivity index (χ1n) is 6.30. The van der Waals surface area contributed by atoms with Gasteiger partial charge in [-0.05, 0) is 23.5 Å². The molecule has 1 heterocycles. The summed E-state index contributed by atoms with van der Waals surface area (Å²) in [6.45, 7) is 0.678. The number of nitro groups is 1. The number of nitrogens with zero attached hydrogens (tertiary/aromatic N) is 4. The normalized spacial score (nSPS) is 19.4. The molecule has 0 aromatic carbocycles. The summed E-state index contributed by atoms with van der Waals surface area (Å²) in [6.07, 6.45) is 8.64. The highest BCUT2D eigenvalue weighted by Gasteiger charge is 2.32. The molecule has 0 atom stereocenters. The van der Waals surface area contributed by atoms with Crippen LogP contribution in [0.3, 0.4) is 0 Å². The predicted octanol–water partition coefficient (Wildman–Crippen LogP) is 2.46. The lowest BCUT2D eigenvalue weighted by molar-refractivity contribution is -0.394. The molecule has 6 nitrogen and oxygen atoms in total. The van der Waals surface area contributed by atoms with Crippen molar-refractivity contribution in [1.29, 1.82) is 0 Å². The fourth-order valence-electron chi connectivity index (χ4n) is 2.63. The fourth-order valence-corrected chi connectivity index (χ4v) is 3.05. The van der Waals surface area contributed by atoms with Crippen LogP contribution in [0.25, 0.3) is 0 Å². The topological polar surface area (TPSA) is 73.8 Å². The number of thiol groups is 1. The minimum Gasteiger partial charge on any atom is -0.390 e. The Kier molecular flexibility index (Phi) is 4.21. The van der Waals surface area contributed by atoms with Gasteiger partial charge in [-0.3, -0.25) is 0 Å². The van der Waals surface area contributed by atoms with E-state index in [9.17, 15) is 10.1 Å². The summed E-state index contributed by atoms with van der Waals surface area (Å²) in [5, 5.41) is 14.5. The Morgan fingerprint density at radius 1 is 1.39 bits per heavy atom. The van der Waals surface area contributed by atoms with Crippen molar-refractivity contribution in [2.75, 3.05) is 5.75 Å². The lowest BCUT2D eigenvalue weighted by Crippen LogP contribution is -2.28. The van der Waals surface area contributed by atoms with Crippen LogP contribution >= 0.6 is 12.6 Å². The monoisotopic (exact) mass is 270 g/mol. The molecule has 1 fully saturated rings. The van der Waals surface area contributed by atoms with Crippen molar-refractivity contribution < 1.29 is 4.92 Å². The molecule has 0 N–H and O–H groups in total. The Bertz CT molecular complexity index is 413. The van der Waals surface area contributed by atoms with E-state index in [1.807, 2.05) is 0 Å². The quantitative estimate of drug-likeness (QED) is 0.395. The van der Waals surface area contributed by atoms with Gasteiger partial charge in [0.25, 0.3) is 0 Å². The highest BCUT2D eigenvalue weighted by molar-refractivity contribution is 7.80. The molecular weight excluding hydrogens is 252 g/mol. The maximum Gasteiger partial charge on any atom is 0.490 e. The minimum atomic E-state index is -0.559. The molecule has 0 spiro atoms. The lowest BCUT2D eigenvalue weighted by atomic mass is 9.82. The molecular formula is C11H18N4O2S. The molecule has 0 amide bonds. The van der Waals surface area contributed by atoms with Gasteiger partial charge in [-0.25, -0.2) is 0 Å². The molecule has 0 radical (unpaired) electrons. The Labute approximate surface area is 111 Å². The summed E-state index contributed by atoms with van der Waals surface area (Å²) < 4.78 is 1.60. The molecule has 1 aromatic rings. The molecule has 1 aromatic heterocycles. The van der Waals surface area contributed by atoms with Gasteiger partial charge in [0.2, 0.25) is 6.33 Å². The van der Waals surface area contributed by atoms with Crippen LogP contribution in [0.2, 0.25) is 0 Å². The van der Waals surface area contributed by atoms with Crippen LogP contribution in [-0.4, -0.2) is 25.4 Å². The molecule has 0 aliphatic heterocycles. The highest BCUT2D eigenvalue weighted by atomic mass is 32.1. The molecule has 100 valence electrons. The van der Waals surface area contributed by atoms with Crippen LogP contribution in [0.1, 0.15) is 38.5 Å². The van der Waals surface area contributed by atoms with Crippen LogP contribution in [0, 0.1) is 15.5 Å². The van der Waals surface area contributed by atoms with Crippen LogP contribution < -0.4 is 0 Å². The van der Waals surface area contributed by atoms with Crippen LogP contribution in [0.4, 0.5) is 5.95 Å². The summed E-state index contributed by atoms with van der Waals surface area (Å²) in [6, 6.07) is 0. The van der Waals surface area contributed by atoms with E-state index in [0.29, 0.717) is 6.54 Å². The third-order valence-corrected chi connectivity index (χ3v) is 4.36. The lowest BCUT2D eigenvalue weighted by Gasteiger charge is -2.29. The summed E-state index contributed by atoms with van der Waals surface area (Å²) in [4.78, 5) is 13.7. The van der Waals surface area contributed by atoms with Crippen molar-refractivity contribution in [3.05, 3.63) is 16.4 Å². The van der Waals surface area contributed by atoms with E-state index >= 15 is 0 Å². The van der Waals surface area contributed by atoms with Crippen molar-refractivity contribution >= 4 is 18.6 Å². The van der Waals surface area contributed by atoms with E-state index in [4.69, 9.17) is 0 Å². The van der Waals surface area contributed by atoms with Crippen molar-refractivity contribution in [3.63, 3.8) is 0 Å². The number of hydrogen-bond donors (Lipinski definition) is 1. The van der Waals surface area contributed by atoms with Crippen molar-refractivity contribution in [2.45, 2.75) is 45.1 Å². The second kappa shape index (κ2) is 5.69. The third-order valence-electron chi connectivity index (χ3n) is 3.68. The molecule has 1 aliphatic carbocycles. The predicted molar refractivity (Wildman–Crippen MR) is 70.7 cm³/mol. The number of hydrogen-bond acceptors (Lipinski definition) is 5. The zero-order valence-electron chi connectivity index (χ0n) is 10.3. The molecule has 0 saturated heterocycles. The minimum absolute atomic E-state index is 0.112.